The van der Waals surface area contributed by atoms with Gasteiger partial charge in [-0.1, -0.05) is 18.2 Å². The normalized spacial score (nSPS) is 12.1. The van der Waals surface area contributed by atoms with E-state index in [4.69, 9.17) is 16.6 Å². The van der Waals surface area contributed by atoms with Crippen LogP contribution in [0.1, 0.15) is 5.56 Å². The summed E-state index contributed by atoms with van der Waals surface area (Å²) in [7, 11) is 0. The number of nitrogen functional groups attached to an aromatic ring is 1. The summed E-state index contributed by atoms with van der Waals surface area (Å²) < 4.78 is 0. The zero-order chi connectivity index (χ0) is 14.7. The molecule has 0 bridgehead atoms. The fraction of sp³-hybridized carbons (Fsp3) is 0.133. The van der Waals surface area contributed by atoms with Gasteiger partial charge in [0.05, 0.1) is 0 Å². The van der Waals surface area contributed by atoms with Crippen molar-refractivity contribution in [1.29, 1.82) is 0 Å². The predicted molar refractivity (Wildman–Crippen MR) is 77.3 cm³/mol. The Balaban J connectivity index is 2.42. The predicted octanol–water partition coefficient (Wildman–Crippen LogP) is 1.60. The molecule has 0 fully saturated rings. The van der Waals surface area contributed by atoms with Crippen LogP contribution in [-0.2, 0) is 11.2 Å². The minimum atomic E-state index is -1.05. The second-order valence-corrected chi connectivity index (χ2v) is 4.61. The topological polar surface area (TPSA) is 110 Å². The molecule has 0 heterocycles. The summed E-state index contributed by atoms with van der Waals surface area (Å²) in [6.45, 7) is 0. The fourth-order valence-corrected chi connectivity index (χ4v) is 2.00. The maximum atomic E-state index is 10.9. The molecule has 0 aromatic heterocycles. The second-order valence-electron chi connectivity index (χ2n) is 4.61. The van der Waals surface area contributed by atoms with Gasteiger partial charge in [-0.2, -0.15) is 0 Å². The van der Waals surface area contributed by atoms with E-state index >= 15 is 0 Å². The van der Waals surface area contributed by atoms with E-state index in [0.717, 1.165) is 16.7 Å². The number of hydrogen-bond donors (Lipinski definition) is 4. The van der Waals surface area contributed by atoms with Crippen LogP contribution in [0.2, 0.25) is 0 Å². The summed E-state index contributed by atoms with van der Waals surface area (Å²) in [5.74, 6) is -0.939. The van der Waals surface area contributed by atoms with Crippen molar-refractivity contribution in [2.75, 3.05) is 5.73 Å². The molecule has 0 amide bonds. The number of carboxylic acids is 1. The highest BCUT2D eigenvalue weighted by molar-refractivity contribution is 5.76. The van der Waals surface area contributed by atoms with Gasteiger partial charge >= 0.3 is 5.97 Å². The SMILES string of the molecule is Nc1ccc(-c2cc(O)ccc2CC(N)C(=O)O)cc1. The molecule has 0 saturated carbocycles. The number of phenolic OH excluding ortho intramolecular Hbond substituents is 1. The lowest BCUT2D eigenvalue weighted by molar-refractivity contribution is -0.138. The van der Waals surface area contributed by atoms with Crippen LogP contribution in [0.15, 0.2) is 42.5 Å². The quantitative estimate of drug-likeness (QED) is 0.632. The Labute approximate surface area is 116 Å². The van der Waals surface area contributed by atoms with Gasteiger partial charge in [-0.15, -0.1) is 0 Å². The highest BCUT2D eigenvalue weighted by Gasteiger charge is 2.15. The van der Waals surface area contributed by atoms with Gasteiger partial charge in [0.25, 0.3) is 0 Å². The molecule has 0 spiro atoms. The molecule has 104 valence electrons. The van der Waals surface area contributed by atoms with Crippen molar-refractivity contribution in [2.24, 2.45) is 5.73 Å². The number of carbonyl (C=O) groups is 1. The van der Waals surface area contributed by atoms with Crippen LogP contribution in [0, 0.1) is 0 Å². The maximum Gasteiger partial charge on any atom is 0.320 e. The van der Waals surface area contributed by atoms with Crippen LogP contribution >= 0.6 is 0 Å². The van der Waals surface area contributed by atoms with Crippen LogP contribution in [0.4, 0.5) is 5.69 Å². The van der Waals surface area contributed by atoms with Crippen molar-refractivity contribution in [3.63, 3.8) is 0 Å². The number of carboxylic acid groups (broad SMARTS) is 1. The summed E-state index contributed by atoms with van der Waals surface area (Å²) in [5.41, 5.74) is 14.2. The Hall–Kier alpha value is -2.53. The Morgan fingerprint density at radius 2 is 1.80 bits per heavy atom. The van der Waals surface area contributed by atoms with E-state index in [-0.39, 0.29) is 12.2 Å². The molecular formula is C15H16N2O3. The number of aliphatic carboxylic acids is 1. The van der Waals surface area contributed by atoms with Crippen LogP contribution in [0.3, 0.4) is 0 Å². The molecule has 2 aromatic rings. The second kappa shape index (κ2) is 5.63. The fourth-order valence-electron chi connectivity index (χ4n) is 2.00. The summed E-state index contributed by atoms with van der Waals surface area (Å²) in [5, 5.41) is 18.5. The van der Waals surface area contributed by atoms with Gasteiger partial charge in [0, 0.05) is 5.69 Å². The molecule has 2 rings (SSSR count). The first-order valence-electron chi connectivity index (χ1n) is 6.13. The molecule has 0 aliphatic carbocycles. The van der Waals surface area contributed by atoms with E-state index in [0.29, 0.717) is 5.69 Å². The number of hydrogen-bond acceptors (Lipinski definition) is 4. The van der Waals surface area contributed by atoms with Crippen LogP contribution in [-0.4, -0.2) is 22.2 Å². The summed E-state index contributed by atoms with van der Waals surface area (Å²) in [6, 6.07) is 11.0. The van der Waals surface area contributed by atoms with Gasteiger partial charge in [0.1, 0.15) is 11.8 Å². The van der Waals surface area contributed by atoms with E-state index in [1.54, 1.807) is 24.3 Å². The molecule has 0 radical (unpaired) electrons. The summed E-state index contributed by atoms with van der Waals surface area (Å²) in [4.78, 5) is 10.9. The Kier molecular flexibility index (Phi) is 3.91. The molecule has 2 aromatic carbocycles. The van der Waals surface area contributed by atoms with Crippen LogP contribution in [0.25, 0.3) is 11.1 Å². The number of phenols is 1. The molecule has 20 heavy (non-hydrogen) atoms. The maximum absolute atomic E-state index is 10.9. The molecule has 5 heteroatoms. The molecule has 5 nitrogen and oxygen atoms in total. The number of rotatable bonds is 4. The third-order valence-electron chi connectivity index (χ3n) is 3.07. The lowest BCUT2D eigenvalue weighted by atomic mass is 9.95. The molecule has 1 unspecified atom stereocenters. The minimum Gasteiger partial charge on any atom is -0.508 e. The van der Waals surface area contributed by atoms with Crippen LogP contribution < -0.4 is 11.5 Å². The van der Waals surface area contributed by atoms with Gasteiger partial charge in [-0.05, 0) is 47.4 Å². The van der Waals surface area contributed by atoms with Gasteiger partial charge < -0.3 is 21.7 Å². The van der Waals surface area contributed by atoms with Crippen molar-refractivity contribution in [3.8, 4) is 16.9 Å². The van der Waals surface area contributed by atoms with E-state index in [2.05, 4.69) is 0 Å². The Morgan fingerprint density at radius 3 is 2.40 bits per heavy atom. The monoisotopic (exact) mass is 272 g/mol. The van der Waals surface area contributed by atoms with Crippen molar-refractivity contribution in [2.45, 2.75) is 12.5 Å². The van der Waals surface area contributed by atoms with Gasteiger partial charge in [-0.25, -0.2) is 0 Å². The van der Waals surface area contributed by atoms with Crippen molar-refractivity contribution < 1.29 is 15.0 Å². The first-order chi connectivity index (χ1) is 9.47. The zero-order valence-corrected chi connectivity index (χ0v) is 10.8. The largest absolute Gasteiger partial charge is 0.508 e. The van der Waals surface area contributed by atoms with Gasteiger partial charge in [-0.3, -0.25) is 4.79 Å². The number of benzene rings is 2. The number of anilines is 1. The number of aromatic hydroxyl groups is 1. The van der Waals surface area contributed by atoms with Gasteiger partial charge in [0.2, 0.25) is 0 Å². The Bertz CT molecular complexity index is 624. The third-order valence-corrected chi connectivity index (χ3v) is 3.07. The van der Waals surface area contributed by atoms with E-state index in [1.807, 2.05) is 12.1 Å². The minimum absolute atomic E-state index is 0.115. The third kappa shape index (κ3) is 3.07. The molecular weight excluding hydrogens is 256 g/mol. The summed E-state index contributed by atoms with van der Waals surface area (Å²) >= 11 is 0. The number of nitrogens with two attached hydrogens (primary N) is 2. The van der Waals surface area contributed by atoms with Crippen molar-refractivity contribution in [3.05, 3.63) is 48.0 Å². The standard InChI is InChI=1S/C15H16N2O3/c16-11-4-1-9(2-5-11)13-8-12(18)6-3-10(13)7-14(17)15(19)20/h1-6,8,14,18H,7,16-17H2,(H,19,20). The summed E-state index contributed by atoms with van der Waals surface area (Å²) in [6.07, 6.45) is 0.190. The van der Waals surface area contributed by atoms with E-state index in [1.165, 1.54) is 6.07 Å². The molecule has 0 saturated heterocycles. The van der Waals surface area contributed by atoms with Crippen molar-refractivity contribution >= 4 is 11.7 Å². The zero-order valence-electron chi connectivity index (χ0n) is 10.8. The molecule has 6 N–H and O–H groups in total. The van der Waals surface area contributed by atoms with E-state index < -0.39 is 12.0 Å². The van der Waals surface area contributed by atoms with Gasteiger partial charge in [0.15, 0.2) is 0 Å². The smallest absolute Gasteiger partial charge is 0.320 e. The highest BCUT2D eigenvalue weighted by atomic mass is 16.4. The molecule has 0 aliphatic rings. The average Bonchev–Trinajstić information content (AvgIpc) is 2.41. The lowest BCUT2D eigenvalue weighted by Gasteiger charge is -2.13. The first kappa shape index (κ1) is 13.9. The average molecular weight is 272 g/mol. The first-order valence-corrected chi connectivity index (χ1v) is 6.13. The van der Waals surface area contributed by atoms with Crippen molar-refractivity contribution in [1.82, 2.24) is 0 Å². The Morgan fingerprint density at radius 1 is 1.15 bits per heavy atom. The van der Waals surface area contributed by atoms with Crippen LogP contribution in [0.5, 0.6) is 5.75 Å². The molecule has 0 aliphatic heterocycles. The molecule has 1 atom stereocenters. The highest BCUT2D eigenvalue weighted by Crippen LogP contribution is 2.29. The lowest BCUT2D eigenvalue weighted by Crippen LogP contribution is -2.32. The van der Waals surface area contributed by atoms with E-state index in [9.17, 15) is 9.90 Å².